The quantitative estimate of drug-likeness (QED) is 0.280. The Morgan fingerprint density at radius 2 is 2.14 bits per heavy atom. The third-order valence-electron chi connectivity index (χ3n) is 3.68. The second-order valence-electron chi connectivity index (χ2n) is 5.52. The molecule has 1 heterocycles. The number of cyclic esters (lactones) is 1. The summed E-state index contributed by atoms with van der Waals surface area (Å²) in [6.45, 7) is 2.04. The molecule has 0 radical (unpaired) electrons. The molecular weight excluding hydrogens is 272 g/mol. The normalized spacial score (nSPS) is 23.2. The molecule has 0 aromatic rings. The third kappa shape index (κ3) is 6.58. The lowest BCUT2D eigenvalue weighted by Gasteiger charge is -2.33. The highest BCUT2D eigenvalue weighted by atomic mass is 16.6. The average molecular weight is 296 g/mol. The van der Waals surface area contributed by atoms with Gasteiger partial charge < -0.3 is 14.9 Å². The van der Waals surface area contributed by atoms with E-state index in [0.29, 0.717) is 5.92 Å². The van der Waals surface area contributed by atoms with Crippen LogP contribution in [0.4, 0.5) is 0 Å². The number of rotatable bonds is 10. The molecule has 1 rings (SSSR count). The maximum Gasteiger partial charge on any atom is 0.328 e. The van der Waals surface area contributed by atoms with Crippen LogP contribution in [0.25, 0.3) is 0 Å². The van der Waals surface area contributed by atoms with E-state index in [1.807, 2.05) is 6.08 Å². The van der Waals surface area contributed by atoms with Gasteiger partial charge in [0.25, 0.3) is 0 Å². The van der Waals surface area contributed by atoms with E-state index in [0.717, 1.165) is 38.2 Å². The molecule has 0 aromatic carbocycles. The zero-order valence-electron chi connectivity index (χ0n) is 12.4. The van der Waals surface area contributed by atoms with Crippen molar-refractivity contribution in [3.8, 4) is 0 Å². The number of allylic oxidation sites excluding steroid dienone is 3. The first-order valence-corrected chi connectivity index (χ1v) is 7.42. The van der Waals surface area contributed by atoms with Crippen LogP contribution in [0.5, 0.6) is 0 Å². The fraction of sp³-hybridized carbons (Fsp3) is 0.625. The maximum atomic E-state index is 11.0. The van der Waals surface area contributed by atoms with E-state index in [1.54, 1.807) is 6.08 Å². The standard InChI is InChI=1S/C16H24O5/c1-12(7-3-2-4-10-15(18)19)8-5-6-9-14-13(11-17)16(20)21-14/h2-4,10,12-14,17H,5-9,11H2,1H3,(H,18,19). The van der Waals surface area contributed by atoms with Gasteiger partial charge in [-0.15, -0.1) is 0 Å². The Labute approximate surface area is 125 Å². The smallest absolute Gasteiger partial charge is 0.328 e. The summed E-state index contributed by atoms with van der Waals surface area (Å²) in [5.74, 6) is -0.996. The molecule has 1 fully saturated rings. The zero-order valence-corrected chi connectivity index (χ0v) is 12.4. The number of unbranched alkanes of at least 4 members (excludes halogenated alkanes) is 1. The minimum absolute atomic E-state index is 0.0983. The molecule has 21 heavy (non-hydrogen) atoms. The molecule has 1 aliphatic rings. The zero-order chi connectivity index (χ0) is 15.7. The molecule has 1 saturated heterocycles. The van der Waals surface area contributed by atoms with Gasteiger partial charge in [0.05, 0.1) is 6.61 Å². The third-order valence-corrected chi connectivity index (χ3v) is 3.68. The predicted octanol–water partition coefficient (Wildman–Crippen LogP) is 2.30. The molecule has 0 aliphatic carbocycles. The Balaban J connectivity index is 2.04. The second-order valence-corrected chi connectivity index (χ2v) is 5.52. The lowest BCUT2D eigenvalue weighted by atomic mass is 9.92. The van der Waals surface area contributed by atoms with E-state index in [9.17, 15) is 9.59 Å². The minimum Gasteiger partial charge on any atom is -0.478 e. The highest BCUT2D eigenvalue weighted by Crippen LogP contribution is 2.27. The van der Waals surface area contributed by atoms with Crippen molar-refractivity contribution in [2.24, 2.45) is 11.8 Å². The van der Waals surface area contributed by atoms with E-state index >= 15 is 0 Å². The molecule has 0 spiro atoms. The van der Waals surface area contributed by atoms with Gasteiger partial charge in [0.1, 0.15) is 12.0 Å². The molecule has 0 saturated carbocycles. The summed E-state index contributed by atoms with van der Waals surface area (Å²) in [6, 6.07) is 0. The van der Waals surface area contributed by atoms with Crippen molar-refractivity contribution in [2.45, 2.75) is 45.1 Å². The number of hydrogen-bond acceptors (Lipinski definition) is 4. The minimum atomic E-state index is -0.939. The fourth-order valence-electron chi connectivity index (χ4n) is 2.33. The Morgan fingerprint density at radius 3 is 2.76 bits per heavy atom. The van der Waals surface area contributed by atoms with Crippen LogP contribution in [0.3, 0.4) is 0 Å². The number of ether oxygens (including phenoxy) is 1. The Kier molecular flexibility index (Phi) is 7.75. The van der Waals surface area contributed by atoms with Crippen LogP contribution in [0, 0.1) is 11.8 Å². The van der Waals surface area contributed by atoms with Gasteiger partial charge in [0.2, 0.25) is 0 Å². The number of carboxylic acid groups (broad SMARTS) is 1. The SMILES string of the molecule is CC(CC=CC=CC(=O)O)CCCCC1OC(=O)C1CO. The van der Waals surface area contributed by atoms with Gasteiger partial charge in [-0.2, -0.15) is 0 Å². The predicted molar refractivity (Wildman–Crippen MR) is 78.6 cm³/mol. The summed E-state index contributed by atoms with van der Waals surface area (Å²) >= 11 is 0. The molecule has 1 aliphatic heterocycles. The summed E-state index contributed by atoms with van der Waals surface area (Å²) < 4.78 is 5.00. The summed E-state index contributed by atoms with van der Waals surface area (Å²) in [5.41, 5.74) is 0. The first-order valence-electron chi connectivity index (χ1n) is 7.42. The van der Waals surface area contributed by atoms with E-state index < -0.39 is 5.97 Å². The van der Waals surface area contributed by atoms with Gasteiger partial charge in [-0.3, -0.25) is 4.79 Å². The van der Waals surface area contributed by atoms with Crippen LogP contribution in [-0.4, -0.2) is 34.9 Å². The van der Waals surface area contributed by atoms with Gasteiger partial charge in [0, 0.05) is 6.08 Å². The van der Waals surface area contributed by atoms with Gasteiger partial charge >= 0.3 is 11.9 Å². The van der Waals surface area contributed by atoms with Crippen molar-refractivity contribution >= 4 is 11.9 Å². The Bertz CT molecular complexity index is 399. The Hall–Kier alpha value is -1.62. The van der Waals surface area contributed by atoms with Crippen molar-refractivity contribution in [3.05, 3.63) is 24.3 Å². The van der Waals surface area contributed by atoms with Crippen LogP contribution >= 0.6 is 0 Å². The molecule has 0 amide bonds. The summed E-state index contributed by atoms with van der Waals surface area (Å²) in [6.07, 6.45) is 11.1. The van der Waals surface area contributed by atoms with E-state index in [-0.39, 0.29) is 24.6 Å². The monoisotopic (exact) mass is 296 g/mol. The second kappa shape index (κ2) is 9.34. The van der Waals surface area contributed by atoms with Crippen molar-refractivity contribution in [1.29, 1.82) is 0 Å². The fourth-order valence-corrected chi connectivity index (χ4v) is 2.33. The molecule has 0 bridgehead atoms. The van der Waals surface area contributed by atoms with Crippen molar-refractivity contribution in [3.63, 3.8) is 0 Å². The number of carbonyl (C=O) groups excluding carboxylic acids is 1. The van der Waals surface area contributed by atoms with Crippen LogP contribution in [0.1, 0.15) is 39.0 Å². The first-order chi connectivity index (χ1) is 10.0. The maximum absolute atomic E-state index is 11.0. The molecule has 0 aromatic heterocycles. The van der Waals surface area contributed by atoms with Crippen molar-refractivity contribution in [1.82, 2.24) is 0 Å². The lowest BCUT2D eigenvalue weighted by molar-refractivity contribution is -0.189. The first kappa shape index (κ1) is 17.4. The highest BCUT2D eigenvalue weighted by molar-refractivity contribution is 5.80. The molecule has 3 atom stereocenters. The van der Waals surface area contributed by atoms with Crippen molar-refractivity contribution < 1.29 is 24.5 Å². The number of aliphatic hydroxyl groups excluding tert-OH is 1. The molecule has 118 valence electrons. The topological polar surface area (TPSA) is 83.8 Å². The lowest BCUT2D eigenvalue weighted by Crippen LogP contribution is -2.47. The number of esters is 1. The van der Waals surface area contributed by atoms with Gasteiger partial charge in [0.15, 0.2) is 0 Å². The van der Waals surface area contributed by atoms with Crippen molar-refractivity contribution in [2.75, 3.05) is 6.61 Å². The summed E-state index contributed by atoms with van der Waals surface area (Å²) in [5, 5.41) is 17.4. The number of hydrogen-bond donors (Lipinski definition) is 2. The number of carbonyl (C=O) groups is 2. The summed E-state index contributed by atoms with van der Waals surface area (Å²) in [4.78, 5) is 21.2. The number of aliphatic hydroxyl groups is 1. The molecular formula is C16H24O5. The largest absolute Gasteiger partial charge is 0.478 e. The van der Waals surface area contributed by atoms with Gasteiger partial charge in [-0.1, -0.05) is 38.0 Å². The summed E-state index contributed by atoms with van der Waals surface area (Å²) in [7, 11) is 0. The number of carboxylic acids is 1. The van der Waals surface area contributed by atoms with E-state index in [1.165, 1.54) is 6.08 Å². The Morgan fingerprint density at radius 1 is 1.38 bits per heavy atom. The van der Waals surface area contributed by atoms with Gasteiger partial charge in [-0.25, -0.2) is 4.79 Å². The van der Waals surface area contributed by atoms with Crippen LogP contribution in [0.15, 0.2) is 24.3 Å². The molecule has 3 unspecified atom stereocenters. The van der Waals surface area contributed by atoms with Gasteiger partial charge in [-0.05, 0) is 25.2 Å². The van der Waals surface area contributed by atoms with Crippen LogP contribution in [0.2, 0.25) is 0 Å². The van der Waals surface area contributed by atoms with E-state index in [2.05, 4.69) is 6.92 Å². The van der Waals surface area contributed by atoms with Crippen LogP contribution in [-0.2, 0) is 14.3 Å². The van der Waals surface area contributed by atoms with Crippen LogP contribution < -0.4 is 0 Å². The molecule has 2 N–H and O–H groups in total. The average Bonchev–Trinajstić information content (AvgIpc) is 2.41. The molecule has 5 heteroatoms. The number of aliphatic carboxylic acids is 1. The highest BCUT2D eigenvalue weighted by Gasteiger charge is 2.40. The molecule has 5 nitrogen and oxygen atoms in total. The van der Waals surface area contributed by atoms with E-state index in [4.69, 9.17) is 14.9 Å².